The third kappa shape index (κ3) is 3.33. The summed E-state index contributed by atoms with van der Waals surface area (Å²) in [4.78, 5) is 26.9. The molecule has 154 valence electrons. The van der Waals surface area contributed by atoms with E-state index in [1.54, 1.807) is 7.05 Å². The quantitative estimate of drug-likeness (QED) is 0.802. The lowest BCUT2D eigenvalue weighted by atomic mass is 9.95. The van der Waals surface area contributed by atoms with Gasteiger partial charge in [-0.2, -0.15) is 0 Å². The smallest absolute Gasteiger partial charge is 0.222 e. The van der Waals surface area contributed by atoms with Crippen molar-refractivity contribution in [2.24, 2.45) is 5.92 Å². The van der Waals surface area contributed by atoms with Gasteiger partial charge in [-0.1, -0.05) is 42.5 Å². The molecule has 0 atom stereocenters. The van der Waals surface area contributed by atoms with Gasteiger partial charge in [-0.3, -0.25) is 14.5 Å². The fraction of sp³-hybridized carbons (Fsp3) is 0.360. The van der Waals surface area contributed by atoms with E-state index in [0.717, 1.165) is 66.1 Å². The van der Waals surface area contributed by atoms with Gasteiger partial charge in [-0.15, -0.1) is 0 Å². The van der Waals surface area contributed by atoms with Gasteiger partial charge >= 0.3 is 0 Å². The maximum Gasteiger partial charge on any atom is 0.222 e. The minimum absolute atomic E-state index is 0.140. The molecule has 0 bridgehead atoms. The Kier molecular flexibility index (Phi) is 4.91. The van der Waals surface area contributed by atoms with Gasteiger partial charge in [0.25, 0.3) is 0 Å². The summed E-state index contributed by atoms with van der Waals surface area (Å²) in [6, 6.07) is 14.4. The monoisotopic (exact) mass is 402 g/mol. The van der Waals surface area contributed by atoms with E-state index in [2.05, 4.69) is 28.4 Å². The SMILES string of the molecule is CNC(=O)C1CCN(Cc2ccc3c(c2)CO/C3=C2/C(=O)Cc3ccccc32)CC1. The summed E-state index contributed by atoms with van der Waals surface area (Å²) in [6.45, 7) is 3.26. The van der Waals surface area contributed by atoms with Crippen LogP contribution in [0.3, 0.4) is 0 Å². The highest BCUT2D eigenvalue weighted by Crippen LogP contribution is 2.41. The number of nitrogens with zero attached hydrogens (tertiary/aromatic N) is 1. The minimum Gasteiger partial charge on any atom is -0.487 e. The number of carbonyl (C=O) groups excluding carboxylic acids is 2. The van der Waals surface area contributed by atoms with Crippen LogP contribution in [0.5, 0.6) is 0 Å². The second-order valence-corrected chi connectivity index (χ2v) is 8.41. The predicted molar refractivity (Wildman–Crippen MR) is 115 cm³/mol. The largest absolute Gasteiger partial charge is 0.487 e. The molecule has 1 amide bonds. The Morgan fingerprint density at radius 2 is 1.90 bits per heavy atom. The molecule has 1 saturated heterocycles. The van der Waals surface area contributed by atoms with Gasteiger partial charge in [0.05, 0.1) is 5.57 Å². The molecule has 0 radical (unpaired) electrons. The number of piperidine rings is 1. The summed E-state index contributed by atoms with van der Waals surface area (Å²) in [5.74, 6) is 1.17. The van der Waals surface area contributed by atoms with E-state index in [-0.39, 0.29) is 17.6 Å². The van der Waals surface area contributed by atoms with Crippen molar-refractivity contribution >= 4 is 23.0 Å². The van der Waals surface area contributed by atoms with Crippen molar-refractivity contribution in [1.82, 2.24) is 10.2 Å². The van der Waals surface area contributed by atoms with Gasteiger partial charge in [-0.25, -0.2) is 0 Å². The van der Waals surface area contributed by atoms with Crippen LogP contribution in [-0.4, -0.2) is 36.7 Å². The average molecular weight is 402 g/mol. The van der Waals surface area contributed by atoms with Crippen molar-refractivity contribution in [3.8, 4) is 0 Å². The number of benzene rings is 2. The molecule has 0 unspecified atom stereocenters. The molecule has 2 heterocycles. The van der Waals surface area contributed by atoms with E-state index >= 15 is 0 Å². The number of hydrogen-bond acceptors (Lipinski definition) is 4. The molecule has 30 heavy (non-hydrogen) atoms. The first-order chi connectivity index (χ1) is 14.6. The number of hydrogen-bond donors (Lipinski definition) is 1. The van der Waals surface area contributed by atoms with Gasteiger partial charge in [0, 0.05) is 37.1 Å². The van der Waals surface area contributed by atoms with Crippen molar-refractivity contribution in [1.29, 1.82) is 0 Å². The van der Waals surface area contributed by atoms with Crippen molar-refractivity contribution < 1.29 is 14.3 Å². The number of likely N-dealkylation sites (tertiary alicyclic amines) is 1. The Morgan fingerprint density at radius 3 is 2.70 bits per heavy atom. The molecule has 5 heteroatoms. The lowest BCUT2D eigenvalue weighted by molar-refractivity contribution is -0.126. The second-order valence-electron chi connectivity index (χ2n) is 8.41. The molecule has 1 aliphatic carbocycles. The highest BCUT2D eigenvalue weighted by atomic mass is 16.5. The number of carbonyl (C=O) groups is 2. The highest BCUT2D eigenvalue weighted by molar-refractivity contribution is 6.31. The Morgan fingerprint density at radius 1 is 1.10 bits per heavy atom. The van der Waals surface area contributed by atoms with Crippen LogP contribution in [0.4, 0.5) is 0 Å². The van der Waals surface area contributed by atoms with E-state index < -0.39 is 0 Å². The number of Topliss-reactive ketones (excluding diaryl/α,β-unsaturated/α-hetero) is 1. The first-order valence-electron chi connectivity index (χ1n) is 10.7. The molecule has 0 spiro atoms. The van der Waals surface area contributed by atoms with Crippen molar-refractivity contribution in [2.45, 2.75) is 32.4 Å². The molecular weight excluding hydrogens is 376 g/mol. The molecule has 5 rings (SSSR count). The van der Waals surface area contributed by atoms with E-state index in [0.29, 0.717) is 13.0 Å². The van der Waals surface area contributed by atoms with Crippen LogP contribution in [-0.2, 0) is 33.9 Å². The van der Waals surface area contributed by atoms with E-state index in [1.807, 2.05) is 24.3 Å². The molecule has 5 nitrogen and oxygen atoms in total. The molecule has 0 aromatic heterocycles. The molecular formula is C25H26N2O3. The van der Waals surface area contributed by atoms with Crippen LogP contribution in [0.2, 0.25) is 0 Å². The van der Waals surface area contributed by atoms with Crippen LogP contribution in [0.15, 0.2) is 42.5 Å². The summed E-state index contributed by atoms with van der Waals surface area (Å²) < 4.78 is 6.03. The number of nitrogens with one attached hydrogen (secondary N) is 1. The fourth-order valence-electron chi connectivity index (χ4n) is 4.92. The molecule has 2 aromatic carbocycles. The summed E-state index contributed by atoms with van der Waals surface area (Å²) in [5.41, 5.74) is 6.25. The van der Waals surface area contributed by atoms with Gasteiger partial charge in [-0.05, 0) is 42.6 Å². The number of allylic oxidation sites excluding steroid dienone is 1. The zero-order valence-electron chi connectivity index (χ0n) is 17.2. The third-order valence-corrected chi connectivity index (χ3v) is 6.54. The van der Waals surface area contributed by atoms with Crippen LogP contribution >= 0.6 is 0 Å². The van der Waals surface area contributed by atoms with Gasteiger partial charge in [0.1, 0.15) is 12.4 Å². The maximum absolute atomic E-state index is 12.7. The number of rotatable bonds is 3. The normalized spacial score (nSPS) is 21.3. The number of amides is 1. The topological polar surface area (TPSA) is 58.6 Å². The predicted octanol–water partition coefficient (Wildman–Crippen LogP) is 3.17. The molecule has 1 fully saturated rings. The summed E-state index contributed by atoms with van der Waals surface area (Å²) >= 11 is 0. The van der Waals surface area contributed by atoms with Crippen molar-refractivity contribution in [3.63, 3.8) is 0 Å². The molecule has 3 aliphatic rings. The first-order valence-corrected chi connectivity index (χ1v) is 10.7. The lowest BCUT2D eigenvalue weighted by Gasteiger charge is -2.31. The van der Waals surface area contributed by atoms with E-state index in [9.17, 15) is 9.59 Å². The molecule has 0 saturated carbocycles. The molecule has 1 N–H and O–H groups in total. The van der Waals surface area contributed by atoms with Crippen LogP contribution in [0.25, 0.3) is 11.3 Å². The lowest BCUT2D eigenvalue weighted by Crippen LogP contribution is -2.39. The van der Waals surface area contributed by atoms with Gasteiger partial charge < -0.3 is 10.1 Å². The Bertz CT molecular complexity index is 1050. The summed E-state index contributed by atoms with van der Waals surface area (Å²) in [5, 5.41) is 2.76. The third-order valence-electron chi connectivity index (χ3n) is 6.54. The van der Waals surface area contributed by atoms with Gasteiger partial charge in [0.15, 0.2) is 5.78 Å². The second kappa shape index (κ2) is 7.73. The van der Waals surface area contributed by atoms with Crippen LogP contribution in [0.1, 0.15) is 40.7 Å². The Labute approximate surface area is 176 Å². The Hall–Kier alpha value is -2.92. The van der Waals surface area contributed by atoms with E-state index in [1.165, 1.54) is 5.56 Å². The highest BCUT2D eigenvalue weighted by Gasteiger charge is 2.32. The summed E-state index contributed by atoms with van der Waals surface area (Å²) in [6.07, 6.45) is 2.27. The Balaban J connectivity index is 1.34. The van der Waals surface area contributed by atoms with Crippen molar-refractivity contribution in [3.05, 3.63) is 70.3 Å². The number of ketones is 1. The van der Waals surface area contributed by atoms with Crippen LogP contribution in [0, 0.1) is 5.92 Å². The summed E-state index contributed by atoms with van der Waals surface area (Å²) in [7, 11) is 1.71. The van der Waals surface area contributed by atoms with Gasteiger partial charge in [0.2, 0.25) is 5.91 Å². The maximum atomic E-state index is 12.7. The first kappa shape index (κ1) is 19.1. The average Bonchev–Trinajstić information content (AvgIpc) is 3.32. The van der Waals surface area contributed by atoms with Crippen molar-refractivity contribution in [2.75, 3.05) is 20.1 Å². The minimum atomic E-state index is 0.140. The zero-order chi connectivity index (χ0) is 20.7. The zero-order valence-corrected chi connectivity index (χ0v) is 17.2. The molecule has 2 aromatic rings. The molecule has 2 aliphatic heterocycles. The number of ether oxygens (including phenoxy) is 1. The number of fused-ring (bicyclic) bond motifs is 2. The fourth-order valence-corrected chi connectivity index (χ4v) is 4.92. The van der Waals surface area contributed by atoms with Crippen LogP contribution < -0.4 is 5.32 Å². The standard InChI is InChI=1S/C25H26N2O3/c1-26-25(29)17-8-10-27(11-9-17)14-16-6-7-21-19(12-16)15-30-24(21)23-20-5-3-2-4-18(20)13-22(23)28/h2-7,12,17H,8-11,13-15H2,1H3,(H,26,29)/b24-23+. The van der Waals surface area contributed by atoms with E-state index in [4.69, 9.17) is 4.74 Å².